The number of hydrogen-bond acceptors (Lipinski definition) is 3. The van der Waals surface area contributed by atoms with E-state index in [1.807, 2.05) is 12.1 Å². The van der Waals surface area contributed by atoms with Gasteiger partial charge in [-0.05, 0) is 24.3 Å². The molecule has 2 aromatic rings. The van der Waals surface area contributed by atoms with Crippen molar-refractivity contribution in [2.24, 2.45) is 0 Å². The van der Waals surface area contributed by atoms with Gasteiger partial charge in [0.25, 0.3) is 0 Å². The van der Waals surface area contributed by atoms with Crippen molar-refractivity contribution in [1.29, 1.82) is 0 Å². The van der Waals surface area contributed by atoms with E-state index in [9.17, 15) is 0 Å². The van der Waals surface area contributed by atoms with Crippen LogP contribution >= 0.6 is 0 Å². The number of anilines is 2. The average Bonchev–Trinajstić information content (AvgIpc) is 2.55. The van der Waals surface area contributed by atoms with Gasteiger partial charge in [-0.15, -0.1) is 0 Å². The second-order valence-electron chi connectivity index (χ2n) is 4.98. The topological polar surface area (TPSA) is 24.5 Å². The molecule has 0 aliphatic carbocycles. The maximum absolute atomic E-state index is 5.85. The summed E-state index contributed by atoms with van der Waals surface area (Å²) in [6, 6.07) is 21.0. The molecule has 3 nitrogen and oxygen atoms in total. The molecule has 0 bridgehead atoms. The monoisotopic (exact) mass is 268 g/mol. The third-order valence-electron chi connectivity index (χ3n) is 3.53. The number of rotatable bonds is 4. The minimum atomic E-state index is 0.226. The molecular weight excluding hydrogens is 248 g/mol. The summed E-state index contributed by atoms with van der Waals surface area (Å²) in [6.07, 6.45) is 0.226. The first kappa shape index (κ1) is 13.2. The molecule has 1 saturated heterocycles. The highest BCUT2D eigenvalue weighted by molar-refractivity contribution is 5.63. The van der Waals surface area contributed by atoms with Crippen LogP contribution < -0.4 is 10.2 Å². The molecule has 1 aliphatic rings. The van der Waals surface area contributed by atoms with Crippen LogP contribution in [0.2, 0.25) is 0 Å². The van der Waals surface area contributed by atoms with Crippen molar-refractivity contribution in [2.45, 2.75) is 6.10 Å². The van der Waals surface area contributed by atoms with Crippen molar-refractivity contribution in [3.8, 4) is 0 Å². The maximum Gasteiger partial charge on any atom is 0.0878 e. The van der Waals surface area contributed by atoms with Crippen molar-refractivity contribution < 1.29 is 4.74 Å². The highest BCUT2D eigenvalue weighted by atomic mass is 16.5. The van der Waals surface area contributed by atoms with Gasteiger partial charge < -0.3 is 15.0 Å². The first-order chi connectivity index (χ1) is 9.93. The first-order valence-electron chi connectivity index (χ1n) is 7.13. The van der Waals surface area contributed by atoms with Gasteiger partial charge in [-0.3, -0.25) is 0 Å². The van der Waals surface area contributed by atoms with Gasteiger partial charge in [0.05, 0.1) is 19.3 Å². The summed E-state index contributed by atoms with van der Waals surface area (Å²) in [5.74, 6) is 0. The molecule has 3 rings (SSSR count). The molecule has 1 fully saturated rings. The fraction of sp³-hybridized carbons (Fsp3) is 0.294. The van der Waals surface area contributed by atoms with Crippen LogP contribution in [0.25, 0.3) is 0 Å². The van der Waals surface area contributed by atoms with Crippen molar-refractivity contribution >= 4 is 11.4 Å². The summed E-state index contributed by atoms with van der Waals surface area (Å²) in [6.45, 7) is 3.52. The van der Waals surface area contributed by atoms with Gasteiger partial charge in [-0.1, -0.05) is 36.4 Å². The first-order valence-corrected chi connectivity index (χ1v) is 7.13. The molecule has 1 heterocycles. The van der Waals surface area contributed by atoms with Gasteiger partial charge in [0.15, 0.2) is 0 Å². The second kappa shape index (κ2) is 6.55. The molecule has 2 aromatic carbocycles. The number of ether oxygens (including phenoxy) is 1. The fourth-order valence-electron chi connectivity index (χ4n) is 2.52. The molecule has 20 heavy (non-hydrogen) atoms. The van der Waals surface area contributed by atoms with E-state index in [-0.39, 0.29) is 6.10 Å². The Bertz CT molecular complexity index is 470. The van der Waals surface area contributed by atoms with Crippen molar-refractivity contribution in [1.82, 2.24) is 5.32 Å². The zero-order chi connectivity index (χ0) is 13.6. The van der Waals surface area contributed by atoms with Crippen LogP contribution in [0.4, 0.5) is 11.4 Å². The Morgan fingerprint density at radius 3 is 2.05 bits per heavy atom. The molecule has 3 heteroatoms. The van der Waals surface area contributed by atoms with Gasteiger partial charge in [-0.25, -0.2) is 0 Å². The lowest BCUT2D eigenvalue weighted by Gasteiger charge is -2.32. The molecule has 0 amide bonds. The third-order valence-corrected chi connectivity index (χ3v) is 3.53. The van der Waals surface area contributed by atoms with Crippen molar-refractivity contribution in [3.63, 3.8) is 0 Å². The number of nitrogens with zero attached hydrogens (tertiary/aromatic N) is 1. The summed E-state index contributed by atoms with van der Waals surface area (Å²) >= 11 is 0. The minimum Gasteiger partial charge on any atom is -0.374 e. The summed E-state index contributed by atoms with van der Waals surface area (Å²) in [5.41, 5.74) is 2.40. The largest absolute Gasteiger partial charge is 0.374 e. The number of nitrogens with one attached hydrogen (secondary N) is 1. The second-order valence-corrected chi connectivity index (χ2v) is 4.98. The molecule has 0 radical (unpaired) electrons. The lowest BCUT2D eigenvalue weighted by Crippen LogP contribution is -2.44. The van der Waals surface area contributed by atoms with E-state index >= 15 is 0 Å². The zero-order valence-electron chi connectivity index (χ0n) is 11.5. The third kappa shape index (κ3) is 3.18. The van der Waals surface area contributed by atoms with Crippen LogP contribution in [0.15, 0.2) is 60.7 Å². The molecule has 0 aromatic heterocycles. The van der Waals surface area contributed by atoms with Crippen molar-refractivity contribution in [2.75, 3.05) is 31.1 Å². The Kier molecular flexibility index (Phi) is 4.31. The lowest BCUT2D eigenvalue weighted by atomic mass is 10.2. The maximum atomic E-state index is 5.85. The summed E-state index contributed by atoms with van der Waals surface area (Å²) < 4.78 is 5.85. The van der Waals surface area contributed by atoms with Gasteiger partial charge in [0, 0.05) is 24.5 Å². The molecule has 0 spiro atoms. The van der Waals surface area contributed by atoms with Crippen LogP contribution in [-0.4, -0.2) is 32.3 Å². The normalized spacial score (nSPS) is 18.7. The van der Waals surface area contributed by atoms with Crippen LogP contribution in [0, 0.1) is 0 Å². The van der Waals surface area contributed by atoms with E-state index in [4.69, 9.17) is 4.74 Å². The Balaban J connectivity index is 1.83. The molecule has 104 valence electrons. The molecule has 0 saturated carbocycles. The molecular formula is C17H20N2O. The van der Waals surface area contributed by atoms with Gasteiger partial charge in [0.2, 0.25) is 0 Å². The van der Waals surface area contributed by atoms with Crippen LogP contribution in [0.5, 0.6) is 0 Å². The van der Waals surface area contributed by atoms with Crippen LogP contribution in [0.1, 0.15) is 0 Å². The Morgan fingerprint density at radius 1 is 0.950 bits per heavy atom. The van der Waals surface area contributed by atoms with E-state index < -0.39 is 0 Å². The Morgan fingerprint density at radius 2 is 1.55 bits per heavy atom. The predicted octanol–water partition coefficient (Wildman–Crippen LogP) is 2.81. The Labute approximate surface area is 120 Å². The van der Waals surface area contributed by atoms with Gasteiger partial charge in [0.1, 0.15) is 0 Å². The van der Waals surface area contributed by atoms with E-state index in [2.05, 4.69) is 58.7 Å². The van der Waals surface area contributed by atoms with E-state index in [1.54, 1.807) is 0 Å². The highest BCUT2D eigenvalue weighted by Gasteiger charge is 2.18. The lowest BCUT2D eigenvalue weighted by molar-refractivity contribution is 0.0346. The summed E-state index contributed by atoms with van der Waals surface area (Å²) in [5, 5.41) is 3.39. The quantitative estimate of drug-likeness (QED) is 0.923. The summed E-state index contributed by atoms with van der Waals surface area (Å²) in [7, 11) is 0. The van der Waals surface area contributed by atoms with Crippen LogP contribution in [-0.2, 0) is 4.74 Å². The average molecular weight is 268 g/mol. The van der Waals surface area contributed by atoms with E-state index in [0.717, 1.165) is 26.2 Å². The number of benzene rings is 2. The minimum absolute atomic E-state index is 0.226. The van der Waals surface area contributed by atoms with Crippen molar-refractivity contribution in [3.05, 3.63) is 60.7 Å². The fourth-order valence-corrected chi connectivity index (χ4v) is 2.52. The number of hydrogen-bond donors (Lipinski definition) is 1. The van der Waals surface area contributed by atoms with E-state index in [1.165, 1.54) is 11.4 Å². The smallest absolute Gasteiger partial charge is 0.0878 e. The standard InChI is InChI=1S/C17H20N2O/c1-3-7-15(8-4-1)19(16-9-5-2-6-10-16)14-17-13-18-11-12-20-17/h1-10,17-18H,11-14H2/t17-/m1/s1. The molecule has 1 N–H and O–H groups in total. The highest BCUT2D eigenvalue weighted by Crippen LogP contribution is 2.25. The van der Waals surface area contributed by atoms with Gasteiger partial charge in [-0.2, -0.15) is 0 Å². The zero-order valence-corrected chi connectivity index (χ0v) is 11.5. The number of para-hydroxylation sites is 2. The predicted molar refractivity (Wildman–Crippen MR) is 82.5 cm³/mol. The molecule has 0 unspecified atom stereocenters. The molecule has 1 aliphatic heterocycles. The van der Waals surface area contributed by atoms with Crippen LogP contribution in [0.3, 0.4) is 0 Å². The van der Waals surface area contributed by atoms with E-state index in [0.29, 0.717) is 0 Å². The van der Waals surface area contributed by atoms with Gasteiger partial charge >= 0.3 is 0 Å². The molecule has 1 atom stereocenters. The SMILES string of the molecule is c1ccc(N(C[C@H]2CNCCO2)c2ccccc2)cc1. The summed E-state index contributed by atoms with van der Waals surface area (Å²) in [4.78, 5) is 2.32. The number of morpholine rings is 1. The Hall–Kier alpha value is -1.84.